The van der Waals surface area contributed by atoms with Crippen molar-refractivity contribution in [2.24, 2.45) is 5.92 Å². The number of rotatable bonds is 2. The zero-order valence-corrected chi connectivity index (χ0v) is 12.9. The third kappa shape index (κ3) is 3.46. The van der Waals surface area contributed by atoms with E-state index in [1.165, 1.54) is 11.1 Å². The Morgan fingerprint density at radius 2 is 1.81 bits per heavy atom. The molecule has 0 bridgehead atoms. The lowest BCUT2D eigenvalue weighted by Gasteiger charge is -2.31. The molecule has 0 atom stereocenters. The van der Waals surface area contributed by atoms with Crippen molar-refractivity contribution in [2.45, 2.75) is 32.2 Å². The summed E-state index contributed by atoms with van der Waals surface area (Å²) in [6, 6.07) is 8.27. The van der Waals surface area contributed by atoms with Crippen molar-refractivity contribution in [3.63, 3.8) is 0 Å². The van der Waals surface area contributed by atoms with E-state index in [1.807, 2.05) is 17.0 Å². The monoisotopic (exact) mass is 307 g/mol. The van der Waals surface area contributed by atoms with E-state index < -0.39 is 9.84 Å². The van der Waals surface area contributed by atoms with Gasteiger partial charge >= 0.3 is 0 Å². The van der Waals surface area contributed by atoms with E-state index in [2.05, 4.69) is 12.1 Å². The lowest BCUT2D eigenvalue weighted by atomic mass is 9.96. The largest absolute Gasteiger partial charge is 0.338 e. The van der Waals surface area contributed by atoms with Crippen LogP contribution in [-0.2, 0) is 27.6 Å². The van der Waals surface area contributed by atoms with Crippen LogP contribution in [0.25, 0.3) is 0 Å². The van der Waals surface area contributed by atoms with E-state index in [0.717, 1.165) is 13.0 Å². The Morgan fingerprint density at radius 3 is 2.52 bits per heavy atom. The van der Waals surface area contributed by atoms with Gasteiger partial charge in [-0.25, -0.2) is 8.42 Å². The molecule has 0 N–H and O–H groups in total. The average molecular weight is 307 g/mol. The number of fused-ring (bicyclic) bond motifs is 1. The Kier molecular flexibility index (Phi) is 4.02. The summed E-state index contributed by atoms with van der Waals surface area (Å²) in [5.74, 6) is 0.897. The zero-order valence-electron chi connectivity index (χ0n) is 12.1. The van der Waals surface area contributed by atoms with Gasteiger partial charge in [0, 0.05) is 19.5 Å². The van der Waals surface area contributed by atoms with E-state index in [0.29, 0.717) is 25.8 Å². The average Bonchev–Trinajstić information content (AvgIpc) is 2.49. The van der Waals surface area contributed by atoms with Gasteiger partial charge in [-0.2, -0.15) is 0 Å². The number of hydrogen-bond acceptors (Lipinski definition) is 3. The summed E-state index contributed by atoms with van der Waals surface area (Å²) < 4.78 is 22.9. The fraction of sp³-hybridized carbons (Fsp3) is 0.562. The summed E-state index contributed by atoms with van der Waals surface area (Å²) in [6.07, 6.45) is 2.69. The highest BCUT2D eigenvalue weighted by Crippen LogP contribution is 2.25. The molecule has 4 nitrogen and oxygen atoms in total. The maximum atomic E-state index is 12.4. The van der Waals surface area contributed by atoms with Crippen LogP contribution < -0.4 is 0 Å². The van der Waals surface area contributed by atoms with Crippen LogP contribution in [-0.4, -0.2) is 37.3 Å². The van der Waals surface area contributed by atoms with Crippen LogP contribution in [0.15, 0.2) is 24.3 Å². The Hall–Kier alpha value is -1.36. The van der Waals surface area contributed by atoms with Crippen molar-refractivity contribution in [1.82, 2.24) is 4.90 Å². The zero-order chi connectivity index (χ0) is 14.9. The van der Waals surface area contributed by atoms with E-state index in [-0.39, 0.29) is 23.3 Å². The van der Waals surface area contributed by atoms with Gasteiger partial charge in [0.25, 0.3) is 0 Å². The highest BCUT2D eigenvalue weighted by molar-refractivity contribution is 7.91. The first-order valence-corrected chi connectivity index (χ1v) is 9.40. The second kappa shape index (κ2) is 5.79. The standard InChI is InChI=1S/C16H21NO3S/c18-16(11-13-6-9-21(19,20)10-7-13)17-8-5-14-3-1-2-4-15(14)12-17/h1-4,13H,5-12H2. The van der Waals surface area contributed by atoms with Gasteiger partial charge in [0.1, 0.15) is 9.84 Å². The molecule has 0 unspecified atom stereocenters. The molecule has 5 heteroatoms. The van der Waals surface area contributed by atoms with Crippen LogP contribution in [0, 0.1) is 5.92 Å². The molecule has 0 aliphatic carbocycles. The number of nitrogens with zero attached hydrogens (tertiary/aromatic N) is 1. The maximum Gasteiger partial charge on any atom is 0.223 e. The molecule has 1 amide bonds. The van der Waals surface area contributed by atoms with E-state index >= 15 is 0 Å². The van der Waals surface area contributed by atoms with Crippen molar-refractivity contribution >= 4 is 15.7 Å². The minimum absolute atomic E-state index is 0.175. The lowest BCUT2D eigenvalue weighted by Crippen LogP contribution is -2.37. The number of carbonyl (C=O) groups is 1. The molecule has 1 aromatic rings. The molecule has 1 fully saturated rings. The van der Waals surface area contributed by atoms with Crippen LogP contribution in [0.2, 0.25) is 0 Å². The number of sulfone groups is 1. The van der Waals surface area contributed by atoms with Gasteiger partial charge in [-0.1, -0.05) is 24.3 Å². The Balaban J connectivity index is 1.58. The van der Waals surface area contributed by atoms with Crippen molar-refractivity contribution in [1.29, 1.82) is 0 Å². The molecule has 3 rings (SSSR count). The highest BCUT2D eigenvalue weighted by Gasteiger charge is 2.28. The van der Waals surface area contributed by atoms with Gasteiger partial charge in [-0.15, -0.1) is 0 Å². The van der Waals surface area contributed by atoms with Gasteiger partial charge in [-0.3, -0.25) is 4.79 Å². The highest BCUT2D eigenvalue weighted by atomic mass is 32.2. The van der Waals surface area contributed by atoms with Gasteiger partial charge < -0.3 is 4.90 Å². The molecule has 0 aromatic heterocycles. The third-order valence-corrected chi connectivity index (χ3v) is 6.34. The topological polar surface area (TPSA) is 54.5 Å². The minimum Gasteiger partial charge on any atom is -0.338 e. The van der Waals surface area contributed by atoms with Gasteiger partial charge in [0.05, 0.1) is 11.5 Å². The van der Waals surface area contributed by atoms with Crippen LogP contribution in [0.1, 0.15) is 30.4 Å². The molecule has 21 heavy (non-hydrogen) atoms. The van der Waals surface area contributed by atoms with Crippen molar-refractivity contribution < 1.29 is 13.2 Å². The van der Waals surface area contributed by atoms with E-state index in [9.17, 15) is 13.2 Å². The molecule has 1 aromatic carbocycles. The minimum atomic E-state index is -2.84. The molecular weight excluding hydrogens is 286 g/mol. The lowest BCUT2D eigenvalue weighted by molar-refractivity contribution is -0.133. The van der Waals surface area contributed by atoms with Crippen LogP contribution in [0.4, 0.5) is 0 Å². The Bertz CT molecular complexity index is 625. The molecule has 0 spiro atoms. The first kappa shape index (κ1) is 14.6. The summed E-state index contributed by atoms with van der Waals surface area (Å²) in [4.78, 5) is 14.3. The number of benzene rings is 1. The van der Waals surface area contributed by atoms with Gasteiger partial charge in [0.15, 0.2) is 0 Å². The predicted octanol–water partition coefficient (Wildman–Crippen LogP) is 1.79. The molecule has 114 valence electrons. The summed E-state index contributed by atoms with van der Waals surface area (Å²) >= 11 is 0. The van der Waals surface area contributed by atoms with Crippen molar-refractivity contribution in [3.8, 4) is 0 Å². The van der Waals surface area contributed by atoms with Gasteiger partial charge in [-0.05, 0) is 36.3 Å². The summed E-state index contributed by atoms with van der Waals surface area (Å²) in [5.41, 5.74) is 2.58. The molecule has 2 aliphatic heterocycles. The number of hydrogen-bond donors (Lipinski definition) is 0. The second-order valence-corrected chi connectivity index (χ2v) is 8.44. The Morgan fingerprint density at radius 1 is 1.14 bits per heavy atom. The molecule has 2 heterocycles. The third-order valence-electron chi connectivity index (χ3n) is 4.62. The molecule has 1 saturated heterocycles. The fourth-order valence-electron chi connectivity index (χ4n) is 3.23. The second-order valence-electron chi connectivity index (χ2n) is 6.13. The van der Waals surface area contributed by atoms with E-state index in [1.54, 1.807) is 0 Å². The molecular formula is C16H21NO3S. The van der Waals surface area contributed by atoms with Crippen molar-refractivity contribution in [2.75, 3.05) is 18.1 Å². The Labute approximate surface area is 126 Å². The first-order valence-electron chi connectivity index (χ1n) is 7.58. The van der Waals surface area contributed by atoms with Crippen LogP contribution >= 0.6 is 0 Å². The number of amides is 1. The predicted molar refractivity (Wildman–Crippen MR) is 81.6 cm³/mol. The van der Waals surface area contributed by atoms with Gasteiger partial charge in [0.2, 0.25) is 5.91 Å². The van der Waals surface area contributed by atoms with Crippen molar-refractivity contribution in [3.05, 3.63) is 35.4 Å². The van der Waals surface area contributed by atoms with E-state index in [4.69, 9.17) is 0 Å². The van der Waals surface area contributed by atoms with Crippen LogP contribution in [0.3, 0.4) is 0 Å². The molecule has 0 radical (unpaired) electrons. The number of carbonyl (C=O) groups excluding carboxylic acids is 1. The molecule has 2 aliphatic rings. The normalized spacial score (nSPS) is 21.8. The SMILES string of the molecule is O=C(CC1CCS(=O)(=O)CC1)N1CCc2ccccc2C1. The maximum absolute atomic E-state index is 12.4. The summed E-state index contributed by atoms with van der Waals surface area (Å²) in [5, 5.41) is 0. The summed E-state index contributed by atoms with van der Waals surface area (Å²) in [6.45, 7) is 1.47. The fourth-order valence-corrected chi connectivity index (χ4v) is 4.82. The smallest absolute Gasteiger partial charge is 0.223 e. The first-order chi connectivity index (χ1) is 10.0. The van der Waals surface area contributed by atoms with Crippen LogP contribution in [0.5, 0.6) is 0 Å². The quantitative estimate of drug-likeness (QED) is 0.837. The molecule has 0 saturated carbocycles. The summed E-state index contributed by atoms with van der Waals surface area (Å²) in [7, 11) is -2.84.